The molecular formula is C25H27N3O4S. The zero-order valence-electron chi connectivity index (χ0n) is 18.7. The standard InChI is InChI=1S/C25H27N3O4S/c1-31-19-10-11-22(32-2)20(14-19)21-16-33-25(26-21)27-24(30)18-9-6-12-28(15-18)23(29)13-17-7-4-3-5-8-17/h3-5,7-8,10-11,14,16,18H,6,9,12-13,15H2,1-2H3,(H,26,27,30). The van der Waals surface area contributed by atoms with Crippen molar-refractivity contribution in [3.8, 4) is 22.8 Å². The van der Waals surface area contributed by atoms with Crippen molar-refractivity contribution in [1.29, 1.82) is 0 Å². The fourth-order valence-corrected chi connectivity index (χ4v) is 4.69. The number of aromatic nitrogens is 1. The van der Waals surface area contributed by atoms with E-state index in [9.17, 15) is 9.59 Å². The molecule has 0 saturated carbocycles. The largest absolute Gasteiger partial charge is 0.497 e. The first-order valence-electron chi connectivity index (χ1n) is 10.9. The van der Waals surface area contributed by atoms with Gasteiger partial charge < -0.3 is 19.7 Å². The SMILES string of the molecule is COc1ccc(OC)c(-c2csc(NC(=O)C3CCCN(C(=O)Cc4ccccc4)C3)n2)c1. The number of amides is 2. The van der Waals surface area contributed by atoms with Gasteiger partial charge in [0.1, 0.15) is 11.5 Å². The molecule has 1 aromatic heterocycles. The molecule has 1 fully saturated rings. The van der Waals surface area contributed by atoms with Crippen LogP contribution in [0.5, 0.6) is 11.5 Å². The van der Waals surface area contributed by atoms with E-state index < -0.39 is 0 Å². The van der Waals surface area contributed by atoms with Crippen LogP contribution in [0, 0.1) is 5.92 Å². The van der Waals surface area contributed by atoms with E-state index in [4.69, 9.17) is 9.47 Å². The minimum Gasteiger partial charge on any atom is -0.497 e. The molecule has 0 spiro atoms. The summed E-state index contributed by atoms with van der Waals surface area (Å²) in [7, 11) is 3.21. The molecule has 0 radical (unpaired) electrons. The lowest BCUT2D eigenvalue weighted by Gasteiger charge is -2.32. The summed E-state index contributed by atoms with van der Waals surface area (Å²) in [4.78, 5) is 32.0. The highest BCUT2D eigenvalue weighted by atomic mass is 32.1. The number of methoxy groups -OCH3 is 2. The summed E-state index contributed by atoms with van der Waals surface area (Å²) < 4.78 is 10.8. The summed E-state index contributed by atoms with van der Waals surface area (Å²) in [5.41, 5.74) is 2.48. The average Bonchev–Trinajstić information content (AvgIpc) is 3.32. The summed E-state index contributed by atoms with van der Waals surface area (Å²) in [5, 5.41) is 5.33. The molecular weight excluding hydrogens is 438 g/mol. The number of rotatable bonds is 7. The summed E-state index contributed by atoms with van der Waals surface area (Å²) in [6.45, 7) is 1.12. The third-order valence-corrected chi connectivity index (χ3v) is 6.52. The van der Waals surface area contributed by atoms with Crippen molar-refractivity contribution in [2.24, 2.45) is 5.92 Å². The van der Waals surface area contributed by atoms with Crippen molar-refractivity contribution < 1.29 is 19.1 Å². The molecule has 1 aliphatic heterocycles. The second-order valence-electron chi connectivity index (χ2n) is 7.93. The maximum absolute atomic E-state index is 12.9. The molecule has 1 atom stereocenters. The molecule has 2 aromatic carbocycles. The van der Waals surface area contributed by atoms with Crippen molar-refractivity contribution in [1.82, 2.24) is 9.88 Å². The molecule has 33 heavy (non-hydrogen) atoms. The molecule has 4 rings (SSSR count). The van der Waals surface area contributed by atoms with Crippen molar-refractivity contribution in [3.05, 3.63) is 59.5 Å². The molecule has 2 amide bonds. The van der Waals surface area contributed by atoms with E-state index in [1.165, 1.54) is 11.3 Å². The first-order valence-corrected chi connectivity index (χ1v) is 11.8. The lowest BCUT2D eigenvalue weighted by atomic mass is 9.96. The number of hydrogen-bond acceptors (Lipinski definition) is 6. The normalized spacial score (nSPS) is 15.7. The van der Waals surface area contributed by atoms with Crippen LogP contribution in [0.2, 0.25) is 0 Å². The molecule has 1 saturated heterocycles. The van der Waals surface area contributed by atoms with Crippen molar-refractivity contribution >= 4 is 28.3 Å². The van der Waals surface area contributed by atoms with Crippen LogP contribution >= 0.6 is 11.3 Å². The van der Waals surface area contributed by atoms with Crippen molar-refractivity contribution in [3.63, 3.8) is 0 Å². The number of nitrogens with one attached hydrogen (secondary N) is 1. The van der Waals surface area contributed by atoms with Gasteiger partial charge in [-0.05, 0) is 36.6 Å². The Labute approximate surface area is 197 Å². The lowest BCUT2D eigenvalue weighted by molar-refractivity contribution is -0.133. The monoisotopic (exact) mass is 465 g/mol. The Balaban J connectivity index is 1.40. The third kappa shape index (κ3) is 5.51. The minimum atomic E-state index is -0.253. The maximum atomic E-state index is 12.9. The molecule has 1 N–H and O–H groups in total. The number of carbonyl (C=O) groups excluding carboxylic acids is 2. The van der Waals surface area contributed by atoms with Crippen LogP contribution < -0.4 is 14.8 Å². The quantitative estimate of drug-likeness (QED) is 0.564. The number of benzene rings is 2. The van der Waals surface area contributed by atoms with Crippen LogP contribution in [-0.4, -0.2) is 49.0 Å². The molecule has 0 bridgehead atoms. The highest BCUT2D eigenvalue weighted by Crippen LogP contribution is 2.35. The van der Waals surface area contributed by atoms with Crippen LogP contribution in [0.25, 0.3) is 11.3 Å². The van der Waals surface area contributed by atoms with Crippen LogP contribution in [0.4, 0.5) is 5.13 Å². The second kappa shape index (κ2) is 10.5. The average molecular weight is 466 g/mol. The van der Waals surface area contributed by atoms with Crippen molar-refractivity contribution in [2.45, 2.75) is 19.3 Å². The molecule has 3 aromatic rings. The number of likely N-dealkylation sites (tertiary alicyclic amines) is 1. The van der Waals surface area contributed by atoms with Crippen LogP contribution in [0.1, 0.15) is 18.4 Å². The summed E-state index contributed by atoms with van der Waals surface area (Å²) in [6, 6.07) is 15.2. The molecule has 8 heteroatoms. The predicted molar refractivity (Wildman–Crippen MR) is 129 cm³/mol. The summed E-state index contributed by atoms with van der Waals surface area (Å²) in [6.07, 6.45) is 1.92. The Morgan fingerprint density at radius 2 is 1.97 bits per heavy atom. The number of anilines is 1. The Morgan fingerprint density at radius 1 is 1.15 bits per heavy atom. The second-order valence-corrected chi connectivity index (χ2v) is 8.79. The number of ether oxygens (including phenoxy) is 2. The first kappa shape index (κ1) is 22.8. The van der Waals surface area contributed by atoms with Gasteiger partial charge in [0.2, 0.25) is 11.8 Å². The van der Waals surface area contributed by atoms with Gasteiger partial charge in [-0.15, -0.1) is 11.3 Å². The number of piperidine rings is 1. The Kier molecular flexibility index (Phi) is 7.24. The van der Waals surface area contributed by atoms with E-state index in [1.807, 2.05) is 53.9 Å². The van der Waals surface area contributed by atoms with Gasteiger partial charge >= 0.3 is 0 Å². The Bertz CT molecular complexity index is 1120. The van der Waals surface area contributed by atoms with E-state index in [1.54, 1.807) is 19.1 Å². The molecule has 1 aliphatic rings. The number of hydrogen-bond donors (Lipinski definition) is 1. The fourth-order valence-electron chi connectivity index (χ4n) is 3.98. The smallest absolute Gasteiger partial charge is 0.231 e. The molecule has 1 unspecified atom stereocenters. The topological polar surface area (TPSA) is 80.8 Å². The molecule has 7 nitrogen and oxygen atoms in total. The summed E-state index contributed by atoms with van der Waals surface area (Å²) in [5.74, 6) is 1.08. The minimum absolute atomic E-state index is 0.0559. The number of carbonyl (C=O) groups is 2. The van der Waals surface area contributed by atoms with Gasteiger partial charge in [0, 0.05) is 24.0 Å². The summed E-state index contributed by atoms with van der Waals surface area (Å²) >= 11 is 1.36. The van der Waals surface area contributed by atoms with Gasteiger partial charge in [-0.1, -0.05) is 30.3 Å². The predicted octanol–water partition coefficient (Wildman–Crippen LogP) is 4.25. The molecule has 172 valence electrons. The zero-order valence-corrected chi connectivity index (χ0v) is 19.6. The zero-order chi connectivity index (χ0) is 23.2. The van der Waals surface area contributed by atoms with Gasteiger partial charge in [-0.3, -0.25) is 9.59 Å². The van der Waals surface area contributed by atoms with Gasteiger partial charge in [0.05, 0.1) is 32.3 Å². The van der Waals surface area contributed by atoms with Crippen molar-refractivity contribution in [2.75, 3.05) is 32.6 Å². The van der Waals surface area contributed by atoms with E-state index in [0.29, 0.717) is 41.8 Å². The van der Waals surface area contributed by atoms with Gasteiger partial charge in [-0.2, -0.15) is 0 Å². The first-order chi connectivity index (χ1) is 16.1. The molecule has 0 aliphatic carbocycles. The van der Waals surface area contributed by atoms with E-state index in [-0.39, 0.29) is 17.7 Å². The molecule has 2 heterocycles. The van der Waals surface area contributed by atoms with Crippen LogP contribution in [-0.2, 0) is 16.0 Å². The maximum Gasteiger partial charge on any atom is 0.231 e. The van der Waals surface area contributed by atoms with Gasteiger partial charge in [0.15, 0.2) is 5.13 Å². The highest BCUT2D eigenvalue weighted by molar-refractivity contribution is 7.14. The number of nitrogens with zero attached hydrogens (tertiary/aromatic N) is 2. The Hall–Kier alpha value is -3.39. The van der Waals surface area contributed by atoms with Crippen LogP contribution in [0.3, 0.4) is 0 Å². The number of thiazole rings is 1. The van der Waals surface area contributed by atoms with E-state index in [0.717, 1.165) is 24.0 Å². The third-order valence-electron chi connectivity index (χ3n) is 5.76. The van der Waals surface area contributed by atoms with E-state index in [2.05, 4.69) is 10.3 Å². The van der Waals surface area contributed by atoms with Crippen LogP contribution in [0.15, 0.2) is 53.9 Å². The fraction of sp³-hybridized carbons (Fsp3) is 0.320. The highest BCUT2D eigenvalue weighted by Gasteiger charge is 2.29. The Morgan fingerprint density at radius 3 is 2.73 bits per heavy atom. The van der Waals surface area contributed by atoms with E-state index >= 15 is 0 Å². The van der Waals surface area contributed by atoms with Gasteiger partial charge in [0.25, 0.3) is 0 Å². The van der Waals surface area contributed by atoms with Gasteiger partial charge in [-0.25, -0.2) is 4.98 Å². The lowest BCUT2D eigenvalue weighted by Crippen LogP contribution is -2.44.